The standard InChI is InChI=1S/C19H20Cl2N4O6/c1-30-14-6-4-12(25(28)29)18(16(14)20)23-11(8-26)13(27)7-24-9-22-10-3-5-15(31-2)17(21)19(10)24/h3-6,9,11,13,23,26-27H,7-8H2,1-2H3. The Morgan fingerprint density at radius 3 is 2.45 bits per heavy atom. The molecular weight excluding hydrogens is 451 g/mol. The van der Waals surface area contributed by atoms with Crippen molar-refractivity contribution in [2.45, 2.75) is 18.7 Å². The zero-order valence-electron chi connectivity index (χ0n) is 16.6. The van der Waals surface area contributed by atoms with E-state index in [1.54, 1.807) is 16.7 Å². The molecule has 12 heteroatoms. The summed E-state index contributed by atoms with van der Waals surface area (Å²) in [5.74, 6) is 0.654. The van der Waals surface area contributed by atoms with Gasteiger partial charge in [0.25, 0.3) is 5.69 Å². The van der Waals surface area contributed by atoms with Gasteiger partial charge in [0, 0.05) is 6.07 Å². The normalized spacial score (nSPS) is 13.1. The van der Waals surface area contributed by atoms with Crippen LogP contribution in [-0.2, 0) is 6.54 Å². The van der Waals surface area contributed by atoms with Crippen LogP contribution < -0.4 is 14.8 Å². The van der Waals surface area contributed by atoms with Gasteiger partial charge in [0.15, 0.2) is 0 Å². The number of aromatic nitrogens is 2. The minimum atomic E-state index is -1.19. The summed E-state index contributed by atoms with van der Waals surface area (Å²) in [5.41, 5.74) is 0.747. The van der Waals surface area contributed by atoms with Crippen molar-refractivity contribution in [3.05, 3.63) is 50.8 Å². The van der Waals surface area contributed by atoms with Gasteiger partial charge in [-0.2, -0.15) is 0 Å². The number of nitrogens with zero attached hydrogens (tertiary/aromatic N) is 3. The SMILES string of the molecule is COc1ccc([N+](=O)[O-])c(NC(CO)C(O)Cn2cnc3ccc(OC)c(Cl)c32)c1Cl. The number of rotatable bonds is 9. The smallest absolute Gasteiger partial charge is 0.294 e. The number of nitrogens with one attached hydrogen (secondary N) is 1. The van der Waals surface area contributed by atoms with E-state index in [1.807, 2.05) is 0 Å². The molecule has 0 saturated heterocycles. The van der Waals surface area contributed by atoms with E-state index in [1.165, 1.54) is 32.7 Å². The van der Waals surface area contributed by atoms with Crippen LogP contribution in [0.3, 0.4) is 0 Å². The van der Waals surface area contributed by atoms with E-state index in [9.17, 15) is 20.3 Å². The topological polar surface area (TPSA) is 132 Å². The highest BCUT2D eigenvalue weighted by Crippen LogP contribution is 2.40. The van der Waals surface area contributed by atoms with Gasteiger partial charge in [-0.15, -0.1) is 0 Å². The summed E-state index contributed by atoms with van der Waals surface area (Å²) in [4.78, 5) is 15.0. The Kier molecular flexibility index (Phi) is 7.06. The van der Waals surface area contributed by atoms with Crippen molar-refractivity contribution in [1.29, 1.82) is 0 Å². The van der Waals surface area contributed by atoms with Crippen LogP contribution in [0.2, 0.25) is 10.0 Å². The molecule has 0 fully saturated rings. The van der Waals surface area contributed by atoms with Crippen molar-refractivity contribution in [2.24, 2.45) is 0 Å². The van der Waals surface area contributed by atoms with Gasteiger partial charge in [-0.05, 0) is 18.2 Å². The number of fused-ring (bicyclic) bond motifs is 1. The van der Waals surface area contributed by atoms with E-state index in [0.717, 1.165) is 0 Å². The summed E-state index contributed by atoms with van der Waals surface area (Å²) in [6, 6.07) is 5.00. The summed E-state index contributed by atoms with van der Waals surface area (Å²) in [6.45, 7) is -0.549. The zero-order valence-corrected chi connectivity index (χ0v) is 18.1. The largest absolute Gasteiger partial charge is 0.495 e. The summed E-state index contributed by atoms with van der Waals surface area (Å²) in [5, 5.41) is 35.1. The van der Waals surface area contributed by atoms with Gasteiger partial charge in [-0.3, -0.25) is 10.1 Å². The van der Waals surface area contributed by atoms with E-state index in [-0.39, 0.29) is 28.7 Å². The first-order valence-electron chi connectivity index (χ1n) is 9.06. The molecule has 0 spiro atoms. The molecule has 0 saturated carbocycles. The van der Waals surface area contributed by atoms with E-state index < -0.39 is 23.7 Å². The summed E-state index contributed by atoms with van der Waals surface area (Å²) < 4.78 is 11.9. The average molecular weight is 471 g/mol. The lowest BCUT2D eigenvalue weighted by atomic mass is 10.1. The Balaban J connectivity index is 1.91. The fourth-order valence-corrected chi connectivity index (χ4v) is 3.81. The molecule has 0 amide bonds. The van der Waals surface area contributed by atoms with Gasteiger partial charge in [-0.1, -0.05) is 23.2 Å². The van der Waals surface area contributed by atoms with E-state index in [2.05, 4.69) is 10.3 Å². The molecule has 31 heavy (non-hydrogen) atoms. The minimum absolute atomic E-state index is 0.0169. The molecule has 3 rings (SSSR count). The maximum Gasteiger partial charge on any atom is 0.294 e. The van der Waals surface area contributed by atoms with Crippen molar-refractivity contribution in [1.82, 2.24) is 9.55 Å². The molecule has 0 radical (unpaired) electrons. The molecule has 3 aromatic rings. The first kappa shape index (κ1) is 22.9. The lowest BCUT2D eigenvalue weighted by molar-refractivity contribution is -0.384. The molecular formula is C19H20Cl2N4O6. The monoisotopic (exact) mass is 470 g/mol. The molecule has 166 valence electrons. The Labute approximate surface area is 187 Å². The molecule has 3 N–H and O–H groups in total. The van der Waals surface area contributed by atoms with Gasteiger partial charge in [0.05, 0.1) is 61.8 Å². The first-order valence-corrected chi connectivity index (χ1v) is 9.81. The van der Waals surface area contributed by atoms with Crippen LogP contribution in [0.1, 0.15) is 0 Å². The predicted octanol–water partition coefficient (Wildman–Crippen LogP) is 3.10. The molecule has 0 aliphatic heterocycles. The zero-order chi connectivity index (χ0) is 22.7. The Morgan fingerprint density at radius 2 is 1.84 bits per heavy atom. The minimum Gasteiger partial charge on any atom is -0.495 e. The number of ether oxygens (including phenoxy) is 2. The van der Waals surface area contributed by atoms with E-state index >= 15 is 0 Å². The summed E-state index contributed by atoms with van der Waals surface area (Å²) in [6.07, 6.45) is 0.306. The van der Waals surface area contributed by atoms with Crippen LogP contribution in [0.5, 0.6) is 11.5 Å². The Morgan fingerprint density at radius 1 is 1.19 bits per heavy atom. The first-order chi connectivity index (χ1) is 14.8. The van der Waals surface area contributed by atoms with Gasteiger partial charge < -0.3 is 29.6 Å². The molecule has 2 atom stereocenters. The second kappa shape index (κ2) is 9.56. The number of methoxy groups -OCH3 is 2. The van der Waals surface area contributed by atoms with Crippen LogP contribution >= 0.6 is 23.2 Å². The molecule has 0 aliphatic carbocycles. The van der Waals surface area contributed by atoms with Gasteiger partial charge >= 0.3 is 0 Å². The molecule has 2 unspecified atom stereocenters. The lowest BCUT2D eigenvalue weighted by Gasteiger charge is -2.24. The van der Waals surface area contributed by atoms with Gasteiger partial charge in [0.1, 0.15) is 27.2 Å². The van der Waals surface area contributed by atoms with Crippen LogP contribution in [-0.4, -0.2) is 57.7 Å². The van der Waals surface area contributed by atoms with Gasteiger partial charge in [-0.25, -0.2) is 4.98 Å². The molecule has 10 nitrogen and oxygen atoms in total. The fourth-order valence-electron chi connectivity index (χ4n) is 3.17. The van der Waals surface area contributed by atoms with Crippen molar-refractivity contribution < 1.29 is 24.6 Å². The fraction of sp³-hybridized carbons (Fsp3) is 0.316. The second-order valence-corrected chi connectivity index (χ2v) is 7.34. The number of benzene rings is 2. The van der Waals surface area contributed by atoms with Crippen LogP contribution in [0, 0.1) is 10.1 Å². The highest BCUT2D eigenvalue weighted by Gasteiger charge is 2.27. The number of anilines is 1. The van der Waals surface area contributed by atoms with Crippen molar-refractivity contribution in [3.8, 4) is 11.5 Å². The highest BCUT2D eigenvalue weighted by molar-refractivity contribution is 6.36. The maximum absolute atomic E-state index is 11.4. The van der Waals surface area contributed by atoms with Crippen LogP contribution in [0.15, 0.2) is 30.6 Å². The third kappa shape index (κ3) is 4.47. The van der Waals surface area contributed by atoms with Crippen molar-refractivity contribution >= 4 is 45.6 Å². The summed E-state index contributed by atoms with van der Waals surface area (Å²) >= 11 is 12.6. The number of aliphatic hydroxyl groups excluding tert-OH is 2. The third-order valence-electron chi connectivity index (χ3n) is 4.78. The van der Waals surface area contributed by atoms with E-state index in [0.29, 0.717) is 21.8 Å². The van der Waals surface area contributed by atoms with Crippen LogP contribution in [0.4, 0.5) is 11.4 Å². The van der Waals surface area contributed by atoms with Crippen LogP contribution in [0.25, 0.3) is 11.0 Å². The number of nitro benzene ring substituents is 1. The Hall–Kier alpha value is -2.79. The van der Waals surface area contributed by atoms with E-state index in [4.69, 9.17) is 32.7 Å². The average Bonchev–Trinajstić information content (AvgIpc) is 3.16. The Bertz CT molecular complexity index is 1110. The number of hydrogen-bond donors (Lipinski definition) is 3. The second-order valence-electron chi connectivity index (χ2n) is 6.58. The number of imidazole rings is 1. The third-order valence-corrected chi connectivity index (χ3v) is 5.52. The number of nitro groups is 1. The quantitative estimate of drug-likeness (QED) is 0.321. The molecule has 2 aromatic carbocycles. The number of halogens is 2. The number of hydrogen-bond acceptors (Lipinski definition) is 8. The lowest BCUT2D eigenvalue weighted by Crippen LogP contribution is -2.39. The summed E-state index contributed by atoms with van der Waals surface area (Å²) in [7, 11) is 2.86. The number of aliphatic hydroxyl groups is 2. The van der Waals surface area contributed by atoms with Crippen molar-refractivity contribution in [2.75, 3.05) is 26.1 Å². The molecule has 1 aromatic heterocycles. The molecule has 0 aliphatic rings. The molecule has 0 bridgehead atoms. The predicted molar refractivity (Wildman–Crippen MR) is 116 cm³/mol. The highest BCUT2D eigenvalue weighted by atomic mass is 35.5. The molecule has 1 heterocycles. The van der Waals surface area contributed by atoms with Crippen molar-refractivity contribution in [3.63, 3.8) is 0 Å². The maximum atomic E-state index is 11.4. The van der Waals surface area contributed by atoms with Gasteiger partial charge in [0.2, 0.25) is 0 Å².